The van der Waals surface area contributed by atoms with E-state index in [4.69, 9.17) is 10.7 Å². The highest BCUT2D eigenvalue weighted by Gasteiger charge is 2.28. The molecule has 4 rings (SSSR count). The molecule has 1 aliphatic carbocycles. The predicted molar refractivity (Wildman–Crippen MR) is 148 cm³/mol. The summed E-state index contributed by atoms with van der Waals surface area (Å²) < 4.78 is 2.37. The Bertz CT molecular complexity index is 1310. The van der Waals surface area contributed by atoms with Gasteiger partial charge in [-0.05, 0) is 68.2 Å². The molecule has 2 aromatic heterocycles. The van der Waals surface area contributed by atoms with Gasteiger partial charge in [0.15, 0.2) is 5.78 Å². The second-order valence-corrected chi connectivity index (χ2v) is 10.8. The number of nitrogens with zero attached hydrogens (tertiary/aromatic N) is 2. The third-order valence-electron chi connectivity index (χ3n) is 7.62. The van der Waals surface area contributed by atoms with Gasteiger partial charge in [-0.2, -0.15) is 0 Å². The lowest BCUT2D eigenvalue weighted by molar-refractivity contribution is -0.111. The van der Waals surface area contributed by atoms with Gasteiger partial charge in [0.25, 0.3) is 0 Å². The first-order valence-electron chi connectivity index (χ1n) is 12.9. The van der Waals surface area contributed by atoms with Crippen molar-refractivity contribution in [1.29, 1.82) is 0 Å². The molecule has 0 bridgehead atoms. The summed E-state index contributed by atoms with van der Waals surface area (Å²) in [6.07, 6.45) is 11.4. The summed E-state index contributed by atoms with van der Waals surface area (Å²) in [5.74, 6) is -0.0355. The molecule has 35 heavy (non-hydrogen) atoms. The Morgan fingerprint density at radius 3 is 2.46 bits per heavy atom. The standard InChI is InChI=1S/C31H39N3O/c1-7-23-15-24(11-12-26(23)20(2)3)27-18-34(19-31(6)13-9-8-10-14-31)28-16-25(17-33-30(27)28)29(21(4)32)22(5)35/h11-12,15-18H,2,7-10,13-14,19,32H2,1,3-6H3. The van der Waals surface area contributed by atoms with Crippen molar-refractivity contribution in [2.75, 3.05) is 0 Å². The molecule has 1 saturated carbocycles. The monoisotopic (exact) mass is 469 g/mol. The minimum atomic E-state index is -0.0355. The number of aryl methyl sites for hydroxylation is 1. The van der Waals surface area contributed by atoms with Crippen LogP contribution in [0, 0.1) is 5.41 Å². The predicted octanol–water partition coefficient (Wildman–Crippen LogP) is 7.55. The Hall–Kier alpha value is -3.14. The first kappa shape index (κ1) is 25.0. The normalized spacial score (nSPS) is 16.3. The van der Waals surface area contributed by atoms with Crippen molar-refractivity contribution < 1.29 is 4.79 Å². The highest BCUT2D eigenvalue weighted by atomic mass is 16.1. The van der Waals surface area contributed by atoms with E-state index in [1.165, 1.54) is 48.8 Å². The van der Waals surface area contributed by atoms with Crippen LogP contribution >= 0.6 is 0 Å². The molecule has 0 saturated heterocycles. The summed E-state index contributed by atoms with van der Waals surface area (Å²) in [6.45, 7) is 15.1. The van der Waals surface area contributed by atoms with E-state index in [-0.39, 0.29) is 11.2 Å². The highest BCUT2D eigenvalue weighted by Crippen LogP contribution is 2.40. The molecule has 1 aliphatic rings. The van der Waals surface area contributed by atoms with E-state index < -0.39 is 0 Å². The van der Waals surface area contributed by atoms with E-state index in [1.807, 2.05) is 0 Å². The van der Waals surface area contributed by atoms with Crippen LogP contribution in [0.5, 0.6) is 0 Å². The fourth-order valence-corrected chi connectivity index (χ4v) is 5.80. The molecule has 3 aromatic rings. The summed E-state index contributed by atoms with van der Waals surface area (Å²) >= 11 is 0. The minimum absolute atomic E-state index is 0.0355. The number of nitrogens with two attached hydrogens (primary N) is 1. The van der Waals surface area contributed by atoms with E-state index in [1.54, 1.807) is 20.0 Å². The van der Waals surface area contributed by atoms with Crippen molar-refractivity contribution >= 4 is 28.0 Å². The minimum Gasteiger partial charge on any atom is -0.402 e. The summed E-state index contributed by atoms with van der Waals surface area (Å²) in [6, 6.07) is 8.76. The van der Waals surface area contributed by atoms with Gasteiger partial charge in [0.05, 0.1) is 11.0 Å². The van der Waals surface area contributed by atoms with Crippen LogP contribution in [0.3, 0.4) is 0 Å². The van der Waals surface area contributed by atoms with Gasteiger partial charge in [0.1, 0.15) is 0 Å². The van der Waals surface area contributed by atoms with E-state index in [0.717, 1.165) is 40.7 Å². The van der Waals surface area contributed by atoms with Crippen molar-refractivity contribution in [3.8, 4) is 11.1 Å². The number of carbonyl (C=O) groups excluding carboxylic acids is 1. The average molecular weight is 470 g/mol. The average Bonchev–Trinajstić information content (AvgIpc) is 3.15. The maximum Gasteiger partial charge on any atom is 0.162 e. The first-order chi connectivity index (χ1) is 16.6. The van der Waals surface area contributed by atoms with Crippen LogP contribution in [0.4, 0.5) is 0 Å². The largest absolute Gasteiger partial charge is 0.402 e. The molecule has 4 heteroatoms. The number of allylic oxidation sites excluding steroid dienone is 3. The molecule has 0 unspecified atom stereocenters. The molecule has 1 fully saturated rings. The molecule has 0 spiro atoms. The molecule has 0 atom stereocenters. The molecule has 0 amide bonds. The Balaban J connectivity index is 1.91. The Morgan fingerprint density at radius 2 is 1.86 bits per heavy atom. The molecule has 2 heterocycles. The summed E-state index contributed by atoms with van der Waals surface area (Å²) in [5.41, 5.74) is 16.2. The third kappa shape index (κ3) is 4.98. The summed E-state index contributed by atoms with van der Waals surface area (Å²) in [7, 11) is 0. The van der Waals surface area contributed by atoms with Crippen LogP contribution in [0.25, 0.3) is 33.3 Å². The van der Waals surface area contributed by atoms with Gasteiger partial charge < -0.3 is 10.3 Å². The molecule has 0 radical (unpaired) electrons. The van der Waals surface area contributed by atoms with Crippen LogP contribution < -0.4 is 5.73 Å². The number of pyridine rings is 1. The van der Waals surface area contributed by atoms with Crippen LogP contribution in [0.2, 0.25) is 0 Å². The lowest BCUT2D eigenvalue weighted by Crippen LogP contribution is -2.25. The zero-order valence-electron chi connectivity index (χ0n) is 22.0. The second-order valence-electron chi connectivity index (χ2n) is 10.8. The number of hydrogen-bond acceptors (Lipinski definition) is 3. The van der Waals surface area contributed by atoms with Crippen molar-refractivity contribution in [3.63, 3.8) is 0 Å². The first-order valence-corrected chi connectivity index (χ1v) is 12.9. The van der Waals surface area contributed by atoms with Gasteiger partial charge >= 0.3 is 0 Å². The zero-order valence-corrected chi connectivity index (χ0v) is 22.0. The van der Waals surface area contributed by atoms with Crippen molar-refractivity contribution in [3.05, 3.63) is 65.6 Å². The van der Waals surface area contributed by atoms with Crippen LogP contribution in [0.15, 0.2) is 48.9 Å². The number of aromatic nitrogens is 2. The summed E-state index contributed by atoms with van der Waals surface area (Å²) in [4.78, 5) is 17.3. The molecule has 0 aliphatic heterocycles. The number of benzene rings is 1. The fourth-order valence-electron chi connectivity index (χ4n) is 5.80. The van der Waals surface area contributed by atoms with E-state index in [9.17, 15) is 4.79 Å². The molecular formula is C31H39N3O. The number of Topliss-reactive ketones (excluding diaryl/α,β-unsaturated/α-hetero) is 1. The number of carbonyl (C=O) groups is 1. The molecular weight excluding hydrogens is 430 g/mol. The lowest BCUT2D eigenvalue weighted by atomic mass is 9.75. The Kier molecular flexibility index (Phi) is 7.02. The number of ketones is 1. The highest BCUT2D eigenvalue weighted by molar-refractivity contribution is 6.20. The third-order valence-corrected chi connectivity index (χ3v) is 7.62. The molecule has 184 valence electrons. The lowest BCUT2D eigenvalue weighted by Gasteiger charge is -2.34. The topological polar surface area (TPSA) is 60.9 Å². The Labute approximate surface area is 209 Å². The molecule has 2 N–H and O–H groups in total. The number of fused-ring (bicyclic) bond motifs is 1. The maximum absolute atomic E-state index is 12.4. The van der Waals surface area contributed by atoms with Crippen molar-refractivity contribution in [2.24, 2.45) is 11.1 Å². The van der Waals surface area contributed by atoms with E-state index in [2.05, 4.69) is 62.4 Å². The second kappa shape index (κ2) is 9.85. The molecule has 4 nitrogen and oxygen atoms in total. The quantitative estimate of drug-likeness (QED) is 0.363. The smallest absolute Gasteiger partial charge is 0.162 e. The van der Waals surface area contributed by atoms with Crippen LogP contribution in [0.1, 0.15) is 83.4 Å². The SMILES string of the molecule is C=C(C)c1ccc(-c2cn(CC3(C)CCCCC3)c3cc(C(C(C)=O)=C(C)N)cnc23)cc1CC. The number of rotatable bonds is 7. The van der Waals surface area contributed by atoms with Gasteiger partial charge in [0, 0.05) is 41.3 Å². The van der Waals surface area contributed by atoms with Crippen LogP contribution in [-0.2, 0) is 17.8 Å². The summed E-state index contributed by atoms with van der Waals surface area (Å²) in [5, 5.41) is 0. The molecule has 1 aromatic carbocycles. The van der Waals surface area contributed by atoms with E-state index >= 15 is 0 Å². The Morgan fingerprint density at radius 1 is 1.14 bits per heavy atom. The van der Waals surface area contributed by atoms with E-state index in [0.29, 0.717) is 11.3 Å². The van der Waals surface area contributed by atoms with Crippen molar-refractivity contribution in [1.82, 2.24) is 9.55 Å². The van der Waals surface area contributed by atoms with Gasteiger partial charge in [-0.1, -0.05) is 63.5 Å². The zero-order chi connectivity index (χ0) is 25.3. The van der Waals surface area contributed by atoms with Gasteiger partial charge in [-0.3, -0.25) is 9.78 Å². The van der Waals surface area contributed by atoms with Gasteiger partial charge in [-0.25, -0.2) is 0 Å². The van der Waals surface area contributed by atoms with Gasteiger partial charge in [0.2, 0.25) is 0 Å². The van der Waals surface area contributed by atoms with Gasteiger partial charge in [-0.15, -0.1) is 0 Å². The maximum atomic E-state index is 12.4. The van der Waals surface area contributed by atoms with Crippen molar-refractivity contribution in [2.45, 2.75) is 79.7 Å². The number of hydrogen-bond donors (Lipinski definition) is 1. The fraction of sp³-hybridized carbons (Fsp3) is 0.419. The van der Waals surface area contributed by atoms with Crippen LogP contribution in [-0.4, -0.2) is 15.3 Å².